The minimum Gasteiger partial charge on any atom is -0.491 e. The Labute approximate surface area is 184 Å². The number of nitrogens with one attached hydrogen (secondary N) is 1. The van der Waals surface area contributed by atoms with Crippen LogP contribution in [0.15, 0.2) is 42.6 Å². The molecule has 1 aliphatic heterocycles. The van der Waals surface area contributed by atoms with Gasteiger partial charge in [-0.15, -0.1) is 0 Å². The number of ether oxygens (including phenoxy) is 1. The first kappa shape index (κ1) is 22.6. The van der Waals surface area contributed by atoms with Crippen LogP contribution in [0.3, 0.4) is 0 Å². The fourth-order valence-electron chi connectivity index (χ4n) is 3.70. The topological polar surface area (TPSA) is 74.8 Å². The molecule has 0 saturated heterocycles. The molecule has 1 aromatic heterocycles. The Morgan fingerprint density at radius 1 is 1.10 bits per heavy atom. The highest BCUT2D eigenvalue weighted by Gasteiger charge is 2.24. The second-order valence-electron chi connectivity index (χ2n) is 7.58. The molecule has 1 N–H and O–H groups in total. The van der Waals surface area contributed by atoms with Crippen LogP contribution in [0.4, 0.5) is 11.5 Å². The minimum atomic E-state index is -0.188. The van der Waals surface area contributed by atoms with Gasteiger partial charge in [0.15, 0.2) is 0 Å². The summed E-state index contributed by atoms with van der Waals surface area (Å²) in [4.78, 5) is 34.1. The lowest BCUT2D eigenvalue weighted by atomic mass is 10.1. The molecule has 0 unspecified atom stereocenters. The SMILES string of the molecule is CCN(CC)C(=O)CN1CCCCCCOc2ccccc2Nc2ncccc2C1=O. The Hall–Kier alpha value is -3.09. The Kier molecular flexibility index (Phi) is 8.27. The zero-order chi connectivity index (χ0) is 22.1. The van der Waals surface area contributed by atoms with Gasteiger partial charge in [-0.05, 0) is 51.0 Å². The molecule has 0 spiro atoms. The highest BCUT2D eigenvalue weighted by molar-refractivity contribution is 6.01. The van der Waals surface area contributed by atoms with Gasteiger partial charge in [0, 0.05) is 25.8 Å². The molecule has 0 aliphatic carbocycles. The number of carbonyl (C=O) groups excluding carboxylic acids is 2. The number of nitrogens with zero attached hydrogens (tertiary/aromatic N) is 3. The van der Waals surface area contributed by atoms with Crippen LogP contribution < -0.4 is 10.1 Å². The van der Waals surface area contributed by atoms with E-state index in [0.29, 0.717) is 37.6 Å². The van der Waals surface area contributed by atoms with Crippen LogP contribution >= 0.6 is 0 Å². The molecule has 1 aromatic carbocycles. The van der Waals surface area contributed by atoms with Crippen LogP contribution in [0, 0.1) is 0 Å². The lowest BCUT2D eigenvalue weighted by Crippen LogP contribution is -2.43. The van der Waals surface area contributed by atoms with Crippen molar-refractivity contribution in [2.24, 2.45) is 0 Å². The van der Waals surface area contributed by atoms with E-state index in [9.17, 15) is 9.59 Å². The van der Waals surface area contributed by atoms with E-state index < -0.39 is 0 Å². The number of aromatic nitrogens is 1. The smallest absolute Gasteiger partial charge is 0.258 e. The Balaban J connectivity index is 1.92. The number of likely N-dealkylation sites (N-methyl/N-ethyl adjacent to an activating group) is 1. The first-order valence-corrected chi connectivity index (χ1v) is 11.1. The molecular weight excluding hydrogens is 392 g/mol. The van der Waals surface area contributed by atoms with Gasteiger partial charge in [0.05, 0.1) is 17.9 Å². The summed E-state index contributed by atoms with van der Waals surface area (Å²) in [6, 6.07) is 11.2. The number of rotatable bonds is 4. The third-order valence-corrected chi connectivity index (χ3v) is 5.49. The molecule has 2 aromatic rings. The number of hydrogen-bond acceptors (Lipinski definition) is 5. The molecule has 1 aliphatic rings. The minimum absolute atomic E-state index is 0.0309. The number of carbonyl (C=O) groups is 2. The van der Waals surface area contributed by atoms with Crippen molar-refractivity contribution in [3.63, 3.8) is 0 Å². The van der Waals surface area contributed by atoms with Crippen molar-refractivity contribution in [1.82, 2.24) is 14.8 Å². The molecule has 3 rings (SSSR count). The largest absolute Gasteiger partial charge is 0.491 e. The monoisotopic (exact) mass is 424 g/mol. The molecular formula is C24H32N4O3. The van der Waals surface area contributed by atoms with E-state index in [1.165, 1.54) is 0 Å². The summed E-state index contributed by atoms with van der Waals surface area (Å²) in [5, 5.41) is 3.27. The van der Waals surface area contributed by atoms with E-state index >= 15 is 0 Å². The molecule has 0 fully saturated rings. The highest BCUT2D eigenvalue weighted by Crippen LogP contribution is 2.29. The predicted octanol–water partition coefficient (Wildman–Crippen LogP) is 4.09. The third-order valence-electron chi connectivity index (χ3n) is 5.49. The molecule has 0 bridgehead atoms. The van der Waals surface area contributed by atoms with Gasteiger partial charge in [0.2, 0.25) is 5.91 Å². The molecule has 0 atom stereocenters. The summed E-state index contributed by atoms with van der Waals surface area (Å²) in [6.07, 6.45) is 5.43. The molecule has 7 nitrogen and oxygen atoms in total. The first-order chi connectivity index (χ1) is 15.1. The van der Waals surface area contributed by atoms with Crippen molar-refractivity contribution in [2.75, 3.05) is 38.1 Å². The Morgan fingerprint density at radius 3 is 2.68 bits per heavy atom. The van der Waals surface area contributed by atoms with Gasteiger partial charge < -0.3 is 19.9 Å². The highest BCUT2D eigenvalue weighted by atomic mass is 16.5. The summed E-state index contributed by atoms with van der Waals surface area (Å²) in [5.41, 5.74) is 1.21. The van der Waals surface area contributed by atoms with Gasteiger partial charge >= 0.3 is 0 Å². The molecule has 166 valence electrons. The maximum Gasteiger partial charge on any atom is 0.258 e. The fourth-order valence-corrected chi connectivity index (χ4v) is 3.70. The van der Waals surface area contributed by atoms with E-state index in [2.05, 4.69) is 10.3 Å². The van der Waals surface area contributed by atoms with E-state index in [1.54, 1.807) is 28.1 Å². The molecule has 0 saturated carbocycles. The van der Waals surface area contributed by atoms with Gasteiger partial charge in [-0.1, -0.05) is 25.0 Å². The zero-order valence-electron chi connectivity index (χ0n) is 18.5. The normalized spacial score (nSPS) is 15.0. The predicted molar refractivity (Wildman–Crippen MR) is 122 cm³/mol. The summed E-state index contributed by atoms with van der Waals surface area (Å²) in [5.74, 6) is 0.973. The fraction of sp³-hybridized carbons (Fsp3) is 0.458. The number of amides is 2. The Morgan fingerprint density at radius 2 is 1.87 bits per heavy atom. The van der Waals surface area contributed by atoms with Crippen molar-refractivity contribution in [2.45, 2.75) is 39.5 Å². The first-order valence-electron chi connectivity index (χ1n) is 11.1. The van der Waals surface area contributed by atoms with Gasteiger partial charge in [0.25, 0.3) is 5.91 Å². The second-order valence-corrected chi connectivity index (χ2v) is 7.58. The van der Waals surface area contributed by atoms with Gasteiger partial charge in [-0.3, -0.25) is 9.59 Å². The van der Waals surface area contributed by atoms with E-state index in [0.717, 1.165) is 37.1 Å². The number of para-hydroxylation sites is 2. The zero-order valence-corrected chi connectivity index (χ0v) is 18.5. The van der Waals surface area contributed by atoms with Crippen LogP contribution in [-0.4, -0.2) is 59.4 Å². The van der Waals surface area contributed by atoms with Crippen molar-refractivity contribution in [1.29, 1.82) is 0 Å². The maximum absolute atomic E-state index is 13.5. The van der Waals surface area contributed by atoms with Gasteiger partial charge in [-0.2, -0.15) is 0 Å². The summed E-state index contributed by atoms with van der Waals surface area (Å²) < 4.78 is 5.96. The van der Waals surface area contributed by atoms with Crippen LogP contribution in [0.1, 0.15) is 49.9 Å². The molecule has 31 heavy (non-hydrogen) atoms. The second kappa shape index (κ2) is 11.3. The quantitative estimate of drug-likeness (QED) is 0.800. The molecule has 2 amide bonds. The summed E-state index contributed by atoms with van der Waals surface area (Å²) in [7, 11) is 0. The maximum atomic E-state index is 13.5. The van der Waals surface area contributed by atoms with E-state index in [1.807, 2.05) is 38.1 Å². The number of pyridine rings is 1. The van der Waals surface area contributed by atoms with Crippen LogP contribution in [0.2, 0.25) is 0 Å². The lowest BCUT2D eigenvalue weighted by molar-refractivity contribution is -0.131. The average Bonchev–Trinajstić information content (AvgIpc) is 2.79. The number of hydrogen-bond donors (Lipinski definition) is 1. The van der Waals surface area contributed by atoms with Crippen molar-refractivity contribution >= 4 is 23.3 Å². The van der Waals surface area contributed by atoms with Crippen molar-refractivity contribution in [3.05, 3.63) is 48.2 Å². The van der Waals surface area contributed by atoms with Crippen LogP contribution in [-0.2, 0) is 4.79 Å². The van der Waals surface area contributed by atoms with Gasteiger partial charge in [0.1, 0.15) is 18.1 Å². The van der Waals surface area contributed by atoms with Gasteiger partial charge in [-0.25, -0.2) is 4.98 Å². The lowest BCUT2D eigenvalue weighted by Gasteiger charge is -2.27. The average molecular weight is 425 g/mol. The summed E-state index contributed by atoms with van der Waals surface area (Å²) in [6.45, 7) is 6.42. The van der Waals surface area contributed by atoms with Crippen molar-refractivity contribution in [3.8, 4) is 5.75 Å². The Bertz CT molecular complexity index is 883. The van der Waals surface area contributed by atoms with E-state index in [4.69, 9.17) is 4.74 Å². The van der Waals surface area contributed by atoms with E-state index in [-0.39, 0.29) is 18.4 Å². The number of fused-ring (bicyclic) bond motifs is 2. The molecule has 7 heteroatoms. The van der Waals surface area contributed by atoms with Crippen LogP contribution in [0.5, 0.6) is 5.75 Å². The standard InChI is InChI=1S/C24H32N4O3/c1-3-27(4-2)22(29)18-28-16-9-5-6-10-17-31-21-14-8-7-13-20(21)26-23-19(24(28)30)12-11-15-25-23/h7-8,11-15H,3-6,9-10,16-18H2,1-2H3,(H,25,26). The molecule has 0 radical (unpaired) electrons. The summed E-state index contributed by atoms with van der Waals surface area (Å²) >= 11 is 0. The van der Waals surface area contributed by atoms with Crippen LogP contribution in [0.25, 0.3) is 0 Å². The number of anilines is 2. The molecule has 2 heterocycles. The number of benzene rings is 1. The third kappa shape index (κ3) is 5.96. The van der Waals surface area contributed by atoms with Crippen molar-refractivity contribution < 1.29 is 14.3 Å².